The highest BCUT2D eigenvalue weighted by molar-refractivity contribution is 6.10. The van der Waals surface area contributed by atoms with Crippen LogP contribution in [0.15, 0.2) is 64.2 Å². The maximum absolute atomic E-state index is 13.0. The third-order valence-electron chi connectivity index (χ3n) is 6.19. The molecule has 10 nitrogen and oxygen atoms in total. The number of esters is 1. The van der Waals surface area contributed by atoms with E-state index < -0.39 is 48.0 Å². The molecule has 2 aromatic carbocycles. The van der Waals surface area contributed by atoms with Crippen molar-refractivity contribution < 1.29 is 19.1 Å². The molecule has 1 unspecified atom stereocenters. The lowest BCUT2D eigenvalue weighted by atomic mass is 10.0. The highest BCUT2D eigenvalue weighted by Gasteiger charge is 2.38. The van der Waals surface area contributed by atoms with E-state index in [1.165, 1.54) is 11.6 Å². The van der Waals surface area contributed by atoms with Crippen LogP contribution in [0.4, 0.5) is 11.5 Å². The van der Waals surface area contributed by atoms with Crippen LogP contribution in [-0.4, -0.2) is 39.4 Å². The zero-order valence-corrected chi connectivity index (χ0v) is 20.8. The van der Waals surface area contributed by atoms with Gasteiger partial charge in [-0.25, -0.2) is 4.79 Å². The summed E-state index contributed by atoms with van der Waals surface area (Å²) in [6.45, 7) is 3.60. The van der Waals surface area contributed by atoms with Gasteiger partial charge in [-0.2, -0.15) is 0 Å². The molecule has 1 aliphatic heterocycles. The fourth-order valence-electron chi connectivity index (χ4n) is 4.27. The number of hydrogen-bond acceptors (Lipinski definition) is 7. The standard InChI is InChI=1S/C27H28N4O6/c1-16(2)18-11-7-8-12-19(18)28-21(32)15-37-22(33)13-20-24(34)23-25(29-20)31(27(36)30(3)26(23)35)14-17-9-5-4-6-10-17/h4-12,16,20,29H,13-15H2,1-3H3,(H,28,32). The Hall–Kier alpha value is -4.47. The molecule has 0 saturated carbocycles. The van der Waals surface area contributed by atoms with Gasteiger partial charge in [-0.1, -0.05) is 62.4 Å². The molecule has 1 amide bonds. The maximum Gasteiger partial charge on any atom is 0.332 e. The number of fused-ring (bicyclic) bond motifs is 1. The van der Waals surface area contributed by atoms with Crippen LogP contribution in [0.5, 0.6) is 0 Å². The fraction of sp³-hybridized carbons (Fsp3) is 0.296. The molecule has 1 atom stereocenters. The van der Waals surface area contributed by atoms with Gasteiger partial charge >= 0.3 is 11.7 Å². The van der Waals surface area contributed by atoms with Crippen LogP contribution in [-0.2, 0) is 27.9 Å². The molecule has 2 heterocycles. The van der Waals surface area contributed by atoms with E-state index in [4.69, 9.17) is 4.74 Å². The van der Waals surface area contributed by atoms with E-state index in [1.807, 2.05) is 56.3 Å². The van der Waals surface area contributed by atoms with Crippen LogP contribution >= 0.6 is 0 Å². The molecule has 10 heteroatoms. The van der Waals surface area contributed by atoms with Crippen LogP contribution in [0.1, 0.15) is 47.7 Å². The van der Waals surface area contributed by atoms with E-state index >= 15 is 0 Å². The lowest BCUT2D eigenvalue weighted by Crippen LogP contribution is -2.40. The van der Waals surface area contributed by atoms with Crippen LogP contribution in [0.25, 0.3) is 0 Å². The molecule has 3 aromatic rings. The van der Waals surface area contributed by atoms with Crippen LogP contribution in [0.2, 0.25) is 0 Å². The van der Waals surface area contributed by atoms with E-state index in [9.17, 15) is 24.0 Å². The molecular weight excluding hydrogens is 476 g/mol. The summed E-state index contributed by atoms with van der Waals surface area (Å²) in [6.07, 6.45) is -0.411. The van der Waals surface area contributed by atoms with Crippen LogP contribution in [0.3, 0.4) is 0 Å². The van der Waals surface area contributed by atoms with E-state index in [0.29, 0.717) is 5.69 Å². The molecule has 0 aliphatic carbocycles. The minimum Gasteiger partial charge on any atom is -0.455 e. The third-order valence-corrected chi connectivity index (χ3v) is 6.19. The van der Waals surface area contributed by atoms with Gasteiger partial charge in [0.05, 0.1) is 13.0 Å². The van der Waals surface area contributed by atoms with Crippen molar-refractivity contribution in [3.63, 3.8) is 0 Å². The number of amides is 1. The minimum atomic E-state index is -1.09. The summed E-state index contributed by atoms with van der Waals surface area (Å²) in [6, 6.07) is 15.4. The van der Waals surface area contributed by atoms with Gasteiger partial charge in [0.2, 0.25) is 0 Å². The zero-order chi connectivity index (χ0) is 26.7. The Labute approximate surface area is 212 Å². The van der Waals surface area contributed by atoms with Crippen molar-refractivity contribution in [2.45, 2.75) is 38.8 Å². The predicted molar refractivity (Wildman–Crippen MR) is 138 cm³/mol. The quantitative estimate of drug-likeness (QED) is 0.450. The van der Waals surface area contributed by atoms with Crippen molar-refractivity contribution in [3.8, 4) is 0 Å². The van der Waals surface area contributed by atoms with Gasteiger partial charge < -0.3 is 15.4 Å². The molecule has 192 valence electrons. The van der Waals surface area contributed by atoms with Crippen molar-refractivity contribution in [1.29, 1.82) is 0 Å². The summed E-state index contributed by atoms with van der Waals surface area (Å²) in [5, 5.41) is 5.59. The molecule has 0 spiro atoms. The summed E-state index contributed by atoms with van der Waals surface area (Å²) in [4.78, 5) is 63.4. The van der Waals surface area contributed by atoms with Crippen molar-refractivity contribution in [2.75, 3.05) is 17.2 Å². The SMILES string of the molecule is CC(C)c1ccccc1NC(=O)COC(=O)CC1Nc2c(c(=O)n(C)c(=O)n2Cc2ccccc2)C1=O. The number of nitrogens with one attached hydrogen (secondary N) is 2. The molecule has 0 bridgehead atoms. The summed E-state index contributed by atoms with van der Waals surface area (Å²) in [5.41, 5.74) is 0.875. The van der Waals surface area contributed by atoms with E-state index in [0.717, 1.165) is 15.7 Å². The molecule has 0 saturated heterocycles. The van der Waals surface area contributed by atoms with Crippen molar-refractivity contribution in [2.24, 2.45) is 7.05 Å². The largest absolute Gasteiger partial charge is 0.455 e. The molecule has 2 N–H and O–H groups in total. The molecule has 37 heavy (non-hydrogen) atoms. The first-order chi connectivity index (χ1) is 17.7. The molecule has 1 aromatic heterocycles. The summed E-state index contributed by atoms with van der Waals surface area (Å²) in [5.74, 6) is -1.65. The Kier molecular flexibility index (Phi) is 7.37. The van der Waals surface area contributed by atoms with E-state index in [1.54, 1.807) is 12.1 Å². The normalized spacial score (nSPS) is 14.3. The fourth-order valence-corrected chi connectivity index (χ4v) is 4.27. The second kappa shape index (κ2) is 10.7. The van der Waals surface area contributed by atoms with Crippen molar-refractivity contribution >= 4 is 29.2 Å². The number of carbonyl (C=O) groups excluding carboxylic acids is 3. The average Bonchev–Trinajstić information content (AvgIpc) is 3.20. The smallest absolute Gasteiger partial charge is 0.332 e. The van der Waals surface area contributed by atoms with Crippen molar-refractivity contribution in [3.05, 3.63) is 92.1 Å². The number of carbonyl (C=O) groups is 3. The number of benzene rings is 2. The number of nitrogens with zero attached hydrogens (tertiary/aromatic N) is 2. The average molecular weight is 505 g/mol. The summed E-state index contributed by atoms with van der Waals surface area (Å²) < 4.78 is 7.27. The number of hydrogen-bond donors (Lipinski definition) is 2. The van der Waals surface area contributed by atoms with Gasteiger partial charge in [0.1, 0.15) is 17.4 Å². The highest BCUT2D eigenvalue weighted by atomic mass is 16.5. The first kappa shape index (κ1) is 25.6. The minimum absolute atomic E-state index is 0.0720. The number of ketones is 1. The lowest BCUT2D eigenvalue weighted by molar-refractivity contribution is -0.147. The Morgan fingerprint density at radius 3 is 2.41 bits per heavy atom. The number of para-hydroxylation sites is 1. The second-order valence-electron chi connectivity index (χ2n) is 9.16. The van der Waals surface area contributed by atoms with E-state index in [-0.39, 0.29) is 23.8 Å². The summed E-state index contributed by atoms with van der Waals surface area (Å²) >= 11 is 0. The lowest BCUT2D eigenvalue weighted by Gasteiger charge is -2.15. The van der Waals surface area contributed by atoms with E-state index in [2.05, 4.69) is 10.6 Å². The van der Waals surface area contributed by atoms with Gasteiger partial charge in [0.25, 0.3) is 11.5 Å². The number of anilines is 2. The monoisotopic (exact) mass is 504 g/mol. The first-order valence-corrected chi connectivity index (χ1v) is 11.9. The molecular formula is C27H28N4O6. The Morgan fingerprint density at radius 2 is 1.70 bits per heavy atom. The second-order valence-corrected chi connectivity index (χ2v) is 9.16. The Balaban J connectivity index is 1.44. The van der Waals surface area contributed by atoms with Gasteiger partial charge in [0, 0.05) is 12.7 Å². The van der Waals surface area contributed by atoms with Crippen LogP contribution < -0.4 is 21.9 Å². The molecule has 0 fully saturated rings. The summed E-state index contributed by atoms with van der Waals surface area (Å²) in [7, 11) is 1.30. The van der Waals surface area contributed by atoms with Gasteiger partial charge in [-0.15, -0.1) is 0 Å². The number of Topliss-reactive ketones (excluding diaryl/α,β-unsaturated/α-hetero) is 1. The molecule has 0 radical (unpaired) electrons. The predicted octanol–water partition coefficient (Wildman–Crippen LogP) is 2.27. The zero-order valence-electron chi connectivity index (χ0n) is 20.8. The number of ether oxygens (including phenoxy) is 1. The topological polar surface area (TPSA) is 128 Å². The van der Waals surface area contributed by atoms with Crippen LogP contribution in [0, 0.1) is 0 Å². The first-order valence-electron chi connectivity index (χ1n) is 11.9. The Bertz CT molecular complexity index is 1470. The van der Waals surface area contributed by atoms with Gasteiger partial charge in [-0.3, -0.25) is 28.3 Å². The molecule has 1 aliphatic rings. The number of aromatic nitrogens is 2. The Morgan fingerprint density at radius 1 is 1.03 bits per heavy atom. The molecule has 4 rings (SSSR count). The maximum atomic E-state index is 13.0. The number of rotatable bonds is 8. The highest BCUT2D eigenvalue weighted by Crippen LogP contribution is 2.25. The van der Waals surface area contributed by atoms with Gasteiger partial charge in [-0.05, 0) is 23.1 Å². The van der Waals surface area contributed by atoms with Gasteiger partial charge in [0.15, 0.2) is 12.4 Å². The van der Waals surface area contributed by atoms with Crippen molar-refractivity contribution in [1.82, 2.24) is 9.13 Å². The third kappa shape index (κ3) is 5.37.